The Bertz CT molecular complexity index is 610. The minimum absolute atomic E-state index is 0.0170. The van der Waals surface area contributed by atoms with Gasteiger partial charge in [-0.1, -0.05) is 0 Å². The standard InChI is InChI=1S/C11H7F3N2O2/c1-18-11(17)10-4-9(15-16-10)5-2-7(13)8(14)3-6(5)12/h2-4H,1H3,(H,15,16). The molecule has 0 atom stereocenters. The largest absolute Gasteiger partial charge is 0.464 e. The van der Waals surface area contributed by atoms with Gasteiger partial charge in [0.05, 0.1) is 12.8 Å². The molecule has 0 aliphatic rings. The summed E-state index contributed by atoms with van der Waals surface area (Å²) in [6.45, 7) is 0. The van der Waals surface area contributed by atoms with Gasteiger partial charge in [0.2, 0.25) is 0 Å². The number of esters is 1. The smallest absolute Gasteiger partial charge is 0.356 e. The van der Waals surface area contributed by atoms with Crippen LogP contribution in [0.15, 0.2) is 18.2 Å². The first-order chi connectivity index (χ1) is 8.52. The summed E-state index contributed by atoms with van der Waals surface area (Å²) in [6, 6.07) is 2.26. The number of benzene rings is 1. The SMILES string of the molecule is COC(=O)c1cc(-c2cc(F)c(F)cc2F)n[nH]1. The molecule has 4 nitrogen and oxygen atoms in total. The molecular weight excluding hydrogens is 249 g/mol. The van der Waals surface area contributed by atoms with E-state index in [1.54, 1.807) is 0 Å². The van der Waals surface area contributed by atoms with E-state index in [-0.39, 0.29) is 17.0 Å². The molecule has 7 heteroatoms. The molecule has 1 N–H and O–H groups in total. The van der Waals surface area contributed by atoms with Gasteiger partial charge in [0.15, 0.2) is 11.6 Å². The van der Waals surface area contributed by atoms with E-state index in [0.29, 0.717) is 12.1 Å². The average Bonchev–Trinajstić information content (AvgIpc) is 2.82. The van der Waals surface area contributed by atoms with Gasteiger partial charge in [0, 0.05) is 11.6 Å². The van der Waals surface area contributed by atoms with Crippen LogP contribution in [-0.4, -0.2) is 23.3 Å². The lowest BCUT2D eigenvalue weighted by molar-refractivity contribution is 0.0594. The van der Waals surface area contributed by atoms with E-state index >= 15 is 0 Å². The molecule has 0 unspecified atom stereocenters. The number of carbonyl (C=O) groups is 1. The Morgan fingerprint density at radius 3 is 2.50 bits per heavy atom. The number of aromatic amines is 1. The lowest BCUT2D eigenvalue weighted by Gasteiger charge is -2.00. The summed E-state index contributed by atoms with van der Waals surface area (Å²) in [5, 5.41) is 5.94. The van der Waals surface area contributed by atoms with Crippen molar-refractivity contribution in [2.75, 3.05) is 7.11 Å². The van der Waals surface area contributed by atoms with Crippen LogP contribution in [0.25, 0.3) is 11.3 Å². The molecule has 0 bridgehead atoms. The van der Waals surface area contributed by atoms with Crippen molar-refractivity contribution in [2.45, 2.75) is 0 Å². The quantitative estimate of drug-likeness (QED) is 0.662. The van der Waals surface area contributed by atoms with E-state index in [9.17, 15) is 18.0 Å². The molecular formula is C11H7F3N2O2. The topological polar surface area (TPSA) is 55.0 Å². The Kier molecular flexibility index (Phi) is 3.05. The molecule has 0 saturated carbocycles. The van der Waals surface area contributed by atoms with E-state index in [1.165, 1.54) is 13.2 Å². The van der Waals surface area contributed by atoms with E-state index in [2.05, 4.69) is 14.9 Å². The van der Waals surface area contributed by atoms with Gasteiger partial charge in [-0.15, -0.1) is 0 Å². The zero-order valence-corrected chi connectivity index (χ0v) is 9.13. The van der Waals surface area contributed by atoms with Crippen LogP contribution in [0.3, 0.4) is 0 Å². The average molecular weight is 256 g/mol. The fraction of sp³-hybridized carbons (Fsp3) is 0.0909. The number of hydrogen-bond donors (Lipinski definition) is 1. The molecule has 0 aliphatic carbocycles. The number of rotatable bonds is 2. The third-order valence-electron chi connectivity index (χ3n) is 2.27. The summed E-state index contributed by atoms with van der Waals surface area (Å²) in [5.41, 5.74) is -0.288. The number of aromatic nitrogens is 2. The highest BCUT2D eigenvalue weighted by molar-refractivity contribution is 5.88. The highest BCUT2D eigenvalue weighted by Gasteiger charge is 2.16. The number of methoxy groups -OCH3 is 1. The minimum Gasteiger partial charge on any atom is -0.464 e. The normalized spacial score (nSPS) is 10.4. The van der Waals surface area contributed by atoms with Crippen LogP contribution in [0.5, 0.6) is 0 Å². The molecule has 0 fully saturated rings. The second-order valence-corrected chi connectivity index (χ2v) is 3.40. The Balaban J connectivity index is 2.46. The van der Waals surface area contributed by atoms with Gasteiger partial charge >= 0.3 is 5.97 Å². The Hall–Kier alpha value is -2.31. The van der Waals surface area contributed by atoms with Crippen molar-refractivity contribution in [1.82, 2.24) is 10.2 Å². The first-order valence-corrected chi connectivity index (χ1v) is 4.81. The fourth-order valence-electron chi connectivity index (χ4n) is 1.39. The van der Waals surface area contributed by atoms with Gasteiger partial charge in [-0.25, -0.2) is 18.0 Å². The summed E-state index contributed by atoms with van der Waals surface area (Å²) < 4.78 is 43.6. The number of H-pyrrole nitrogens is 1. The van der Waals surface area contributed by atoms with Gasteiger partial charge < -0.3 is 4.74 Å². The molecule has 2 rings (SSSR count). The summed E-state index contributed by atoms with van der Waals surface area (Å²) in [5.74, 6) is -4.16. The molecule has 0 amide bonds. The monoisotopic (exact) mass is 256 g/mol. The first kappa shape index (κ1) is 12.2. The maximum absolute atomic E-state index is 13.4. The Labute approximate surface area is 99.4 Å². The second-order valence-electron chi connectivity index (χ2n) is 3.40. The molecule has 2 aromatic rings. The van der Waals surface area contributed by atoms with Crippen LogP contribution < -0.4 is 0 Å². The number of halogens is 3. The summed E-state index contributed by atoms with van der Waals surface area (Å²) >= 11 is 0. The van der Waals surface area contributed by atoms with E-state index in [1.807, 2.05) is 0 Å². The van der Waals surface area contributed by atoms with E-state index in [0.717, 1.165) is 0 Å². The molecule has 1 heterocycles. The highest BCUT2D eigenvalue weighted by Crippen LogP contribution is 2.24. The van der Waals surface area contributed by atoms with Crippen LogP contribution in [0.4, 0.5) is 13.2 Å². The third-order valence-corrected chi connectivity index (χ3v) is 2.27. The predicted octanol–water partition coefficient (Wildman–Crippen LogP) is 2.28. The van der Waals surface area contributed by atoms with Crippen molar-refractivity contribution in [3.05, 3.63) is 41.3 Å². The molecule has 0 saturated heterocycles. The van der Waals surface area contributed by atoms with Crippen LogP contribution in [0.2, 0.25) is 0 Å². The van der Waals surface area contributed by atoms with Crippen molar-refractivity contribution in [3.8, 4) is 11.3 Å². The van der Waals surface area contributed by atoms with E-state index < -0.39 is 23.4 Å². The van der Waals surface area contributed by atoms with E-state index in [4.69, 9.17) is 0 Å². The van der Waals surface area contributed by atoms with Crippen molar-refractivity contribution in [1.29, 1.82) is 0 Å². The van der Waals surface area contributed by atoms with Gasteiger partial charge in [-0.2, -0.15) is 5.10 Å². The summed E-state index contributed by atoms with van der Waals surface area (Å²) in [7, 11) is 1.17. The molecule has 18 heavy (non-hydrogen) atoms. The number of ether oxygens (including phenoxy) is 1. The van der Waals surface area contributed by atoms with Gasteiger partial charge in [-0.3, -0.25) is 5.10 Å². The van der Waals surface area contributed by atoms with Crippen molar-refractivity contribution in [2.24, 2.45) is 0 Å². The summed E-state index contributed by atoms with van der Waals surface area (Å²) in [6.07, 6.45) is 0. The zero-order chi connectivity index (χ0) is 13.3. The van der Waals surface area contributed by atoms with Crippen molar-refractivity contribution < 1.29 is 22.7 Å². The molecule has 0 radical (unpaired) electrons. The third kappa shape index (κ3) is 2.06. The van der Waals surface area contributed by atoms with Crippen LogP contribution in [-0.2, 0) is 4.74 Å². The van der Waals surface area contributed by atoms with Crippen molar-refractivity contribution in [3.63, 3.8) is 0 Å². The van der Waals surface area contributed by atoms with Gasteiger partial charge in [-0.05, 0) is 12.1 Å². The summed E-state index contributed by atoms with van der Waals surface area (Å²) in [4.78, 5) is 11.1. The molecule has 0 spiro atoms. The lowest BCUT2D eigenvalue weighted by atomic mass is 10.1. The number of carbonyl (C=O) groups excluding carboxylic acids is 1. The van der Waals surface area contributed by atoms with Crippen LogP contribution in [0, 0.1) is 17.5 Å². The Morgan fingerprint density at radius 1 is 1.17 bits per heavy atom. The fourth-order valence-corrected chi connectivity index (χ4v) is 1.39. The Morgan fingerprint density at radius 2 is 1.83 bits per heavy atom. The van der Waals surface area contributed by atoms with Gasteiger partial charge in [0.25, 0.3) is 0 Å². The molecule has 1 aromatic carbocycles. The maximum Gasteiger partial charge on any atom is 0.356 e. The van der Waals surface area contributed by atoms with Crippen LogP contribution in [0.1, 0.15) is 10.5 Å². The minimum atomic E-state index is -1.29. The number of nitrogens with zero attached hydrogens (tertiary/aromatic N) is 1. The number of hydrogen-bond acceptors (Lipinski definition) is 3. The van der Waals surface area contributed by atoms with Crippen LogP contribution >= 0.6 is 0 Å². The molecule has 1 aromatic heterocycles. The van der Waals surface area contributed by atoms with Crippen molar-refractivity contribution >= 4 is 5.97 Å². The highest BCUT2D eigenvalue weighted by atomic mass is 19.2. The predicted molar refractivity (Wildman–Crippen MR) is 55.2 cm³/mol. The lowest BCUT2D eigenvalue weighted by Crippen LogP contribution is -2.00. The maximum atomic E-state index is 13.4. The number of nitrogens with one attached hydrogen (secondary N) is 1. The zero-order valence-electron chi connectivity index (χ0n) is 9.13. The first-order valence-electron chi connectivity index (χ1n) is 4.81. The molecule has 94 valence electrons. The second kappa shape index (κ2) is 4.52. The molecule has 0 aliphatic heterocycles. The van der Waals surface area contributed by atoms with Gasteiger partial charge in [0.1, 0.15) is 11.5 Å².